The molecule has 0 unspecified atom stereocenters. The summed E-state index contributed by atoms with van der Waals surface area (Å²) in [5.41, 5.74) is 1.92. The first-order valence-electron chi connectivity index (χ1n) is 10.4. The first kappa shape index (κ1) is 21.8. The molecule has 0 aliphatic rings. The van der Waals surface area contributed by atoms with Gasteiger partial charge >= 0.3 is 0 Å². The maximum atomic E-state index is 12.4. The first-order valence-corrected chi connectivity index (χ1v) is 10.4. The van der Waals surface area contributed by atoms with E-state index in [4.69, 9.17) is 9.15 Å². The Morgan fingerprint density at radius 2 is 1.58 bits per heavy atom. The number of benzene rings is 3. The van der Waals surface area contributed by atoms with Crippen molar-refractivity contribution in [1.82, 2.24) is 15.5 Å². The Kier molecular flexibility index (Phi) is 6.75. The second-order valence-electron chi connectivity index (χ2n) is 7.23. The molecule has 0 saturated heterocycles. The van der Waals surface area contributed by atoms with E-state index >= 15 is 0 Å². The summed E-state index contributed by atoms with van der Waals surface area (Å²) < 4.78 is 11.3. The molecule has 3 aromatic carbocycles. The van der Waals surface area contributed by atoms with Crippen molar-refractivity contribution < 1.29 is 18.7 Å². The standard InChI is InChI=1S/C25H22N4O4/c1-17(26-24(31)18-8-4-2-5-9-18)23(30)27-20-12-14-21(15-13-20)32-16-22-28-29-25(33-22)19-10-6-3-7-11-19/h2-15,17H,16H2,1H3,(H,26,31)(H,27,30)/t17-/m1/s1. The molecule has 1 heterocycles. The van der Waals surface area contributed by atoms with Gasteiger partial charge in [0.15, 0.2) is 6.61 Å². The van der Waals surface area contributed by atoms with Crippen molar-refractivity contribution in [3.63, 3.8) is 0 Å². The van der Waals surface area contributed by atoms with E-state index in [2.05, 4.69) is 20.8 Å². The third kappa shape index (κ3) is 5.82. The van der Waals surface area contributed by atoms with E-state index in [-0.39, 0.29) is 18.4 Å². The highest BCUT2D eigenvalue weighted by molar-refractivity contribution is 6.00. The van der Waals surface area contributed by atoms with Crippen molar-refractivity contribution in [2.75, 3.05) is 5.32 Å². The van der Waals surface area contributed by atoms with E-state index in [1.165, 1.54) is 0 Å². The van der Waals surface area contributed by atoms with Crippen LogP contribution in [0.1, 0.15) is 23.2 Å². The van der Waals surface area contributed by atoms with Crippen LogP contribution in [0.25, 0.3) is 11.5 Å². The Hall–Kier alpha value is -4.46. The van der Waals surface area contributed by atoms with Crippen molar-refractivity contribution in [2.24, 2.45) is 0 Å². The zero-order valence-electron chi connectivity index (χ0n) is 17.9. The molecule has 1 aromatic heterocycles. The van der Waals surface area contributed by atoms with E-state index in [0.717, 1.165) is 5.56 Å². The van der Waals surface area contributed by atoms with Crippen LogP contribution >= 0.6 is 0 Å². The van der Waals surface area contributed by atoms with Gasteiger partial charge in [0.1, 0.15) is 11.8 Å². The predicted molar refractivity (Wildman–Crippen MR) is 123 cm³/mol. The molecule has 0 aliphatic heterocycles. The molecule has 33 heavy (non-hydrogen) atoms. The summed E-state index contributed by atoms with van der Waals surface area (Å²) in [7, 11) is 0. The SMILES string of the molecule is C[C@@H](NC(=O)c1ccccc1)C(=O)Nc1ccc(OCc2nnc(-c3ccccc3)o2)cc1. The van der Waals surface area contributed by atoms with Gasteiger partial charge in [-0.15, -0.1) is 10.2 Å². The Morgan fingerprint density at radius 1 is 0.909 bits per heavy atom. The van der Waals surface area contributed by atoms with Gasteiger partial charge in [-0.25, -0.2) is 0 Å². The number of aromatic nitrogens is 2. The summed E-state index contributed by atoms with van der Waals surface area (Å²) in [6.45, 7) is 1.75. The fourth-order valence-electron chi connectivity index (χ4n) is 2.97. The minimum Gasteiger partial charge on any atom is -0.484 e. The van der Waals surface area contributed by atoms with Gasteiger partial charge in [0, 0.05) is 16.8 Å². The average Bonchev–Trinajstić information content (AvgIpc) is 3.34. The molecule has 0 bridgehead atoms. The number of carbonyl (C=O) groups is 2. The molecule has 2 N–H and O–H groups in total. The second-order valence-corrected chi connectivity index (χ2v) is 7.23. The molecule has 0 aliphatic carbocycles. The lowest BCUT2D eigenvalue weighted by molar-refractivity contribution is -0.117. The number of amides is 2. The van der Waals surface area contributed by atoms with Gasteiger partial charge in [-0.3, -0.25) is 9.59 Å². The number of rotatable bonds is 8. The zero-order valence-corrected chi connectivity index (χ0v) is 17.9. The van der Waals surface area contributed by atoms with Crippen molar-refractivity contribution in [1.29, 1.82) is 0 Å². The van der Waals surface area contributed by atoms with Crippen LogP contribution in [-0.2, 0) is 11.4 Å². The maximum absolute atomic E-state index is 12.4. The Morgan fingerprint density at radius 3 is 2.27 bits per heavy atom. The highest BCUT2D eigenvalue weighted by Crippen LogP contribution is 2.20. The second kappa shape index (κ2) is 10.2. The Balaban J connectivity index is 1.27. The number of nitrogens with one attached hydrogen (secondary N) is 2. The third-order valence-corrected chi connectivity index (χ3v) is 4.75. The van der Waals surface area contributed by atoms with Crippen LogP contribution in [0.3, 0.4) is 0 Å². The molecule has 8 heteroatoms. The molecule has 8 nitrogen and oxygen atoms in total. The van der Waals surface area contributed by atoms with E-state index in [9.17, 15) is 9.59 Å². The molecule has 0 fully saturated rings. The number of carbonyl (C=O) groups excluding carboxylic acids is 2. The average molecular weight is 442 g/mol. The zero-order chi connectivity index (χ0) is 23.0. The van der Waals surface area contributed by atoms with Crippen LogP contribution in [0.4, 0.5) is 5.69 Å². The summed E-state index contributed by atoms with van der Waals surface area (Å²) in [6, 6.07) is 24.4. The van der Waals surface area contributed by atoms with Gasteiger partial charge < -0.3 is 19.8 Å². The minimum absolute atomic E-state index is 0.119. The molecule has 4 aromatic rings. The van der Waals surface area contributed by atoms with Crippen molar-refractivity contribution in [3.8, 4) is 17.2 Å². The first-order chi connectivity index (χ1) is 16.1. The van der Waals surface area contributed by atoms with Gasteiger partial charge in [0.25, 0.3) is 11.8 Å². The monoisotopic (exact) mass is 442 g/mol. The summed E-state index contributed by atoms with van der Waals surface area (Å²) in [4.78, 5) is 24.6. The predicted octanol–water partition coefficient (Wildman–Crippen LogP) is 4.07. The normalized spacial score (nSPS) is 11.4. The smallest absolute Gasteiger partial charge is 0.254 e. The molecule has 2 amide bonds. The topological polar surface area (TPSA) is 106 Å². The van der Waals surface area contributed by atoms with Crippen LogP contribution in [-0.4, -0.2) is 28.1 Å². The van der Waals surface area contributed by atoms with Crippen molar-refractivity contribution in [3.05, 3.63) is 96.4 Å². The van der Waals surface area contributed by atoms with Gasteiger partial charge in [-0.05, 0) is 55.5 Å². The van der Waals surface area contributed by atoms with Crippen molar-refractivity contribution in [2.45, 2.75) is 19.6 Å². The largest absolute Gasteiger partial charge is 0.484 e. The summed E-state index contributed by atoms with van der Waals surface area (Å²) >= 11 is 0. The Labute approximate surface area is 190 Å². The molecular weight excluding hydrogens is 420 g/mol. The van der Waals surface area contributed by atoms with E-state index in [1.54, 1.807) is 55.5 Å². The fourth-order valence-corrected chi connectivity index (χ4v) is 2.97. The summed E-state index contributed by atoms with van der Waals surface area (Å²) in [6.07, 6.45) is 0. The Bertz CT molecular complexity index is 1210. The van der Waals surface area contributed by atoms with Crippen molar-refractivity contribution >= 4 is 17.5 Å². The molecule has 0 radical (unpaired) electrons. The van der Waals surface area contributed by atoms with Crippen LogP contribution < -0.4 is 15.4 Å². The molecule has 166 valence electrons. The molecule has 0 spiro atoms. The lowest BCUT2D eigenvalue weighted by atomic mass is 10.2. The van der Waals surface area contributed by atoms with Gasteiger partial charge in [-0.2, -0.15) is 0 Å². The van der Waals surface area contributed by atoms with Gasteiger partial charge in [0.2, 0.25) is 11.8 Å². The number of hydrogen-bond acceptors (Lipinski definition) is 6. The van der Waals surface area contributed by atoms with Crippen LogP contribution in [0.2, 0.25) is 0 Å². The fraction of sp³-hybridized carbons (Fsp3) is 0.120. The lowest BCUT2D eigenvalue weighted by Gasteiger charge is -2.14. The third-order valence-electron chi connectivity index (χ3n) is 4.75. The molecule has 0 saturated carbocycles. The number of ether oxygens (including phenoxy) is 1. The number of anilines is 1. The molecule has 1 atom stereocenters. The number of hydrogen-bond donors (Lipinski definition) is 2. The quantitative estimate of drug-likeness (QED) is 0.426. The number of nitrogens with zero attached hydrogens (tertiary/aromatic N) is 2. The van der Waals surface area contributed by atoms with Crippen LogP contribution in [0.5, 0.6) is 5.75 Å². The minimum atomic E-state index is -0.704. The van der Waals surface area contributed by atoms with Gasteiger partial charge in [-0.1, -0.05) is 36.4 Å². The van der Waals surface area contributed by atoms with E-state index in [0.29, 0.717) is 28.8 Å². The highest BCUT2D eigenvalue weighted by Gasteiger charge is 2.16. The van der Waals surface area contributed by atoms with Crippen LogP contribution in [0.15, 0.2) is 89.3 Å². The van der Waals surface area contributed by atoms with Gasteiger partial charge in [0.05, 0.1) is 0 Å². The molecular formula is C25H22N4O4. The highest BCUT2D eigenvalue weighted by atomic mass is 16.5. The summed E-state index contributed by atoms with van der Waals surface area (Å²) in [5.74, 6) is 0.735. The van der Waals surface area contributed by atoms with Crippen LogP contribution in [0, 0.1) is 0 Å². The summed E-state index contributed by atoms with van der Waals surface area (Å²) in [5, 5.41) is 13.5. The van der Waals surface area contributed by atoms with E-state index < -0.39 is 6.04 Å². The van der Waals surface area contributed by atoms with E-state index in [1.807, 2.05) is 36.4 Å². The lowest BCUT2D eigenvalue weighted by Crippen LogP contribution is -2.41. The maximum Gasteiger partial charge on any atom is 0.254 e. The molecule has 4 rings (SSSR count).